The standard InChI is InChI=1S/C17H19N3O3S/c21-17(12-19-5-8-22-9-6-19)20-14(16-4-2-10-24-16)11-13(18-20)15-3-1-7-23-15/h1-4,7,10,14H,5-6,8-9,11-12H2. The quantitative estimate of drug-likeness (QED) is 0.853. The molecule has 0 radical (unpaired) electrons. The normalized spacial score (nSPS) is 21.9. The van der Waals surface area contributed by atoms with Gasteiger partial charge in [-0.25, -0.2) is 5.01 Å². The van der Waals surface area contributed by atoms with E-state index >= 15 is 0 Å². The Bertz CT molecular complexity index is 706. The van der Waals surface area contributed by atoms with E-state index in [1.165, 1.54) is 0 Å². The molecule has 0 aliphatic carbocycles. The molecule has 126 valence electrons. The number of morpholine rings is 1. The van der Waals surface area contributed by atoms with Gasteiger partial charge in [-0.15, -0.1) is 11.3 Å². The first-order valence-corrected chi connectivity index (χ1v) is 8.96. The number of hydrogen-bond donors (Lipinski definition) is 0. The van der Waals surface area contributed by atoms with E-state index in [0.29, 0.717) is 26.2 Å². The van der Waals surface area contributed by atoms with Gasteiger partial charge < -0.3 is 9.15 Å². The number of furan rings is 1. The molecule has 0 saturated carbocycles. The third kappa shape index (κ3) is 3.15. The average molecular weight is 345 g/mol. The molecule has 1 unspecified atom stereocenters. The van der Waals surface area contributed by atoms with Crippen molar-refractivity contribution in [2.24, 2.45) is 5.10 Å². The fourth-order valence-corrected chi connectivity index (χ4v) is 3.87. The summed E-state index contributed by atoms with van der Waals surface area (Å²) in [5, 5.41) is 8.26. The Morgan fingerprint density at radius 2 is 2.17 bits per heavy atom. The summed E-state index contributed by atoms with van der Waals surface area (Å²) in [6.45, 7) is 3.32. The molecule has 4 heterocycles. The molecule has 1 fully saturated rings. The summed E-state index contributed by atoms with van der Waals surface area (Å²) in [4.78, 5) is 16.1. The van der Waals surface area contributed by atoms with Gasteiger partial charge in [0.05, 0.1) is 32.1 Å². The second-order valence-corrected chi connectivity index (χ2v) is 6.87. The Labute approximate surface area is 144 Å². The molecule has 0 N–H and O–H groups in total. The summed E-state index contributed by atoms with van der Waals surface area (Å²) in [6, 6.07) is 7.76. The predicted molar refractivity (Wildman–Crippen MR) is 91.0 cm³/mol. The third-order valence-electron chi connectivity index (χ3n) is 4.31. The number of thiophene rings is 1. The second-order valence-electron chi connectivity index (χ2n) is 5.89. The number of hydrazone groups is 1. The summed E-state index contributed by atoms with van der Waals surface area (Å²) in [5.41, 5.74) is 0.828. The summed E-state index contributed by atoms with van der Waals surface area (Å²) in [6.07, 6.45) is 2.32. The van der Waals surface area contributed by atoms with E-state index in [0.717, 1.165) is 29.4 Å². The average Bonchev–Trinajstić information content (AvgIpc) is 3.35. The fourth-order valence-electron chi connectivity index (χ4n) is 3.06. The number of carbonyl (C=O) groups excluding carboxylic acids is 1. The molecule has 7 heteroatoms. The first-order chi connectivity index (χ1) is 11.8. The Hall–Kier alpha value is -1.96. The van der Waals surface area contributed by atoms with Crippen LogP contribution >= 0.6 is 11.3 Å². The highest BCUT2D eigenvalue weighted by atomic mass is 32.1. The van der Waals surface area contributed by atoms with Crippen molar-refractivity contribution >= 4 is 23.0 Å². The first-order valence-electron chi connectivity index (χ1n) is 8.08. The van der Waals surface area contributed by atoms with Crippen molar-refractivity contribution in [1.29, 1.82) is 0 Å². The number of rotatable bonds is 4. The van der Waals surface area contributed by atoms with Crippen molar-refractivity contribution in [1.82, 2.24) is 9.91 Å². The first kappa shape index (κ1) is 15.6. The molecule has 1 atom stereocenters. The molecular weight excluding hydrogens is 326 g/mol. The van der Waals surface area contributed by atoms with Gasteiger partial charge in [0.15, 0.2) is 0 Å². The van der Waals surface area contributed by atoms with Gasteiger partial charge in [0.2, 0.25) is 0 Å². The summed E-state index contributed by atoms with van der Waals surface area (Å²) < 4.78 is 10.8. The van der Waals surface area contributed by atoms with Crippen molar-refractivity contribution in [2.45, 2.75) is 12.5 Å². The minimum Gasteiger partial charge on any atom is -0.463 e. The van der Waals surface area contributed by atoms with Crippen LogP contribution in [0.2, 0.25) is 0 Å². The van der Waals surface area contributed by atoms with Crippen LogP contribution in [0.5, 0.6) is 0 Å². The molecule has 2 aromatic rings. The molecule has 0 aromatic carbocycles. The summed E-state index contributed by atoms with van der Waals surface area (Å²) >= 11 is 1.66. The lowest BCUT2D eigenvalue weighted by Gasteiger charge is -2.28. The van der Waals surface area contributed by atoms with Crippen LogP contribution < -0.4 is 0 Å². The number of hydrogen-bond acceptors (Lipinski definition) is 6. The van der Waals surface area contributed by atoms with E-state index in [2.05, 4.69) is 16.1 Å². The van der Waals surface area contributed by atoms with Crippen LogP contribution in [0.1, 0.15) is 23.1 Å². The number of nitrogens with zero attached hydrogens (tertiary/aromatic N) is 3. The zero-order chi connectivity index (χ0) is 16.4. The molecule has 2 aliphatic heterocycles. The van der Waals surface area contributed by atoms with Crippen LogP contribution in [0.4, 0.5) is 0 Å². The lowest BCUT2D eigenvalue weighted by atomic mass is 10.1. The molecular formula is C17H19N3O3S. The number of carbonyl (C=O) groups is 1. The van der Waals surface area contributed by atoms with Gasteiger partial charge >= 0.3 is 0 Å². The van der Waals surface area contributed by atoms with Crippen LogP contribution in [-0.2, 0) is 9.53 Å². The van der Waals surface area contributed by atoms with Crippen molar-refractivity contribution in [3.8, 4) is 0 Å². The molecule has 24 heavy (non-hydrogen) atoms. The van der Waals surface area contributed by atoms with Crippen LogP contribution in [0.25, 0.3) is 0 Å². The van der Waals surface area contributed by atoms with E-state index in [1.807, 2.05) is 23.6 Å². The van der Waals surface area contributed by atoms with Crippen molar-refractivity contribution in [3.05, 3.63) is 46.5 Å². The topological polar surface area (TPSA) is 58.3 Å². The Kier molecular flexibility index (Phi) is 4.46. The lowest BCUT2D eigenvalue weighted by molar-refractivity contribution is -0.135. The molecule has 2 aliphatic rings. The fraction of sp³-hybridized carbons (Fsp3) is 0.412. The smallest absolute Gasteiger partial charge is 0.257 e. The van der Waals surface area contributed by atoms with Crippen LogP contribution in [0.3, 0.4) is 0 Å². The largest absolute Gasteiger partial charge is 0.463 e. The maximum atomic E-state index is 12.8. The van der Waals surface area contributed by atoms with Crippen molar-refractivity contribution in [2.75, 3.05) is 32.8 Å². The van der Waals surface area contributed by atoms with Gasteiger partial charge in [-0.1, -0.05) is 6.07 Å². The minimum absolute atomic E-state index is 0.0249. The second kappa shape index (κ2) is 6.88. The third-order valence-corrected chi connectivity index (χ3v) is 5.28. The SMILES string of the molecule is O=C(CN1CCOCC1)N1N=C(c2ccco2)CC1c1cccs1. The van der Waals surface area contributed by atoms with Crippen molar-refractivity contribution in [3.63, 3.8) is 0 Å². The Morgan fingerprint density at radius 3 is 2.88 bits per heavy atom. The van der Waals surface area contributed by atoms with E-state index < -0.39 is 0 Å². The summed E-state index contributed by atoms with van der Waals surface area (Å²) in [5.74, 6) is 0.759. The zero-order valence-corrected chi connectivity index (χ0v) is 14.1. The molecule has 2 aromatic heterocycles. The van der Waals surface area contributed by atoms with E-state index in [1.54, 1.807) is 22.6 Å². The Morgan fingerprint density at radius 1 is 1.29 bits per heavy atom. The predicted octanol–water partition coefficient (Wildman–Crippen LogP) is 2.35. The molecule has 0 bridgehead atoms. The number of ether oxygens (including phenoxy) is 1. The number of amides is 1. The lowest BCUT2D eigenvalue weighted by Crippen LogP contribution is -2.43. The molecule has 0 spiro atoms. The van der Waals surface area contributed by atoms with Gasteiger partial charge in [-0.05, 0) is 23.6 Å². The van der Waals surface area contributed by atoms with E-state index in [4.69, 9.17) is 9.15 Å². The highest BCUT2D eigenvalue weighted by Crippen LogP contribution is 2.35. The maximum absolute atomic E-state index is 12.8. The maximum Gasteiger partial charge on any atom is 0.257 e. The van der Waals surface area contributed by atoms with Gasteiger partial charge in [0.25, 0.3) is 5.91 Å². The van der Waals surface area contributed by atoms with Crippen LogP contribution in [0.15, 0.2) is 45.4 Å². The minimum atomic E-state index is -0.0429. The van der Waals surface area contributed by atoms with Crippen LogP contribution in [0, 0.1) is 0 Å². The van der Waals surface area contributed by atoms with Crippen LogP contribution in [-0.4, -0.2) is 54.4 Å². The highest BCUT2D eigenvalue weighted by molar-refractivity contribution is 7.10. The van der Waals surface area contributed by atoms with E-state index in [-0.39, 0.29) is 11.9 Å². The van der Waals surface area contributed by atoms with E-state index in [9.17, 15) is 4.79 Å². The monoisotopic (exact) mass is 345 g/mol. The van der Waals surface area contributed by atoms with Gasteiger partial charge in [-0.3, -0.25) is 9.69 Å². The van der Waals surface area contributed by atoms with Gasteiger partial charge in [0.1, 0.15) is 11.5 Å². The van der Waals surface area contributed by atoms with Crippen molar-refractivity contribution < 1.29 is 13.9 Å². The summed E-state index contributed by atoms with van der Waals surface area (Å²) in [7, 11) is 0. The molecule has 4 rings (SSSR count). The zero-order valence-electron chi connectivity index (χ0n) is 13.3. The molecule has 1 amide bonds. The molecule has 1 saturated heterocycles. The molecule has 6 nitrogen and oxygen atoms in total. The van der Waals surface area contributed by atoms with Gasteiger partial charge in [-0.2, -0.15) is 5.10 Å². The Balaban J connectivity index is 1.55. The van der Waals surface area contributed by atoms with Gasteiger partial charge in [0, 0.05) is 24.4 Å². The highest BCUT2D eigenvalue weighted by Gasteiger charge is 2.35.